The lowest BCUT2D eigenvalue weighted by atomic mass is 9.96. The smallest absolute Gasteiger partial charge is 0.240 e. The maximum atomic E-state index is 12.3. The lowest BCUT2D eigenvalue weighted by Gasteiger charge is -2.36. The molecule has 3 rings (SSSR count). The molecule has 1 aliphatic carbocycles. The van der Waals surface area contributed by atoms with Crippen molar-refractivity contribution in [1.29, 1.82) is 0 Å². The number of likely N-dealkylation sites (tertiary alicyclic amines) is 1. The van der Waals surface area contributed by atoms with Crippen molar-refractivity contribution >= 4 is 10.0 Å². The molecule has 0 unspecified atom stereocenters. The second-order valence-corrected chi connectivity index (χ2v) is 8.85. The van der Waals surface area contributed by atoms with Gasteiger partial charge in [-0.05, 0) is 63.7 Å². The number of hydrogen-bond acceptors (Lipinski definition) is 3. The molecule has 0 bridgehead atoms. The van der Waals surface area contributed by atoms with Gasteiger partial charge in [0.1, 0.15) is 0 Å². The Morgan fingerprint density at radius 2 is 1.65 bits per heavy atom. The molecule has 1 N–H and O–H groups in total. The minimum atomic E-state index is -3.37. The van der Waals surface area contributed by atoms with Crippen LogP contribution >= 0.6 is 0 Å². The highest BCUT2D eigenvalue weighted by Gasteiger charge is 2.27. The van der Waals surface area contributed by atoms with Gasteiger partial charge in [0.15, 0.2) is 0 Å². The molecule has 1 aromatic rings. The summed E-state index contributed by atoms with van der Waals surface area (Å²) >= 11 is 0. The van der Waals surface area contributed by atoms with E-state index >= 15 is 0 Å². The van der Waals surface area contributed by atoms with E-state index in [1.54, 1.807) is 12.1 Å². The molecule has 0 aromatic heterocycles. The van der Waals surface area contributed by atoms with E-state index in [0.29, 0.717) is 17.4 Å². The Morgan fingerprint density at radius 1 is 1.04 bits per heavy atom. The molecule has 128 valence electrons. The summed E-state index contributed by atoms with van der Waals surface area (Å²) in [6, 6.07) is 7.84. The normalized spacial score (nSPS) is 21.8. The third-order valence-electron chi connectivity index (χ3n) is 5.38. The van der Waals surface area contributed by atoms with Crippen molar-refractivity contribution < 1.29 is 8.42 Å². The van der Waals surface area contributed by atoms with Gasteiger partial charge in [-0.15, -0.1) is 0 Å². The summed E-state index contributed by atoms with van der Waals surface area (Å²) in [6.07, 6.45) is 7.66. The van der Waals surface area contributed by atoms with Gasteiger partial charge in [0.2, 0.25) is 10.0 Å². The lowest BCUT2D eigenvalue weighted by molar-refractivity contribution is 0.135. The van der Waals surface area contributed by atoms with Gasteiger partial charge in [0, 0.05) is 12.6 Å². The second-order valence-electron chi connectivity index (χ2n) is 7.08. The fourth-order valence-corrected chi connectivity index (χ4v) is 4.94. The highest BCUT2D eigenvalue weighted by molar-refractivity contribution is 7.89. The van der Waals surface area contributed by atoms with E-state index < -0.39 is 10.0 Å². The van der Waals surface area contributed by atoms with Gasteiger partial charge in [-0.2, -0.15) is 0 Å². The van der Waals surface area contributed by atoms with Crippen molar-refractivity contribution in [2.24, 2.45) is 5.92 Å². The number of benzene rings is 1. The van der Waals surface area contributed by atoms with Crippen LogP contribution in [0.25, 0.3) is 0 Å². The monoisotopic (exact) mass is 336 g/mol. The van der Waals surface area contributed by atoms with Crippen molar-refractivity contribution in [1.82, 2.24) is 9.62 Å². The predicted octanol–water partition coefficient (Wildman–Crippen LogP) is 2.93. The standard InChI is InChI=1S/C18H28N2O2S/c1-15-6-8-18(9-7-15)23(21,22)19-14-16-10-12-20(13-11-16)17-4-2-3-5-17/h6-9,16-17,19H,2-5,10-14H2,1H3. The molecule has 1 heterocycles. The zero-order valence-electron chi connectivity index (χ0n) is 14.0. The molecule has 0 amide bonds. The molecule has 23 heavy (non-hydrogen) atoms. The van der Waals surface area contributed by atoms with Crippen LogP contribution in [0.4, 0.5) is 0 Å². The van der Waals surface area contributed by atoms with Gasteiger partial charge in [0.05, 0.1) is 4.90 Å². The number of nitrogens with one attached hydrogen (secondary N) is 1. The minimum Gasteiger partial charge on any atom is -0.300 e. The molecule has 1 saturated carbocycles. The number of piperidine rings is 1. The summed E-state index contributed by atoms with van der Waals surface area (Å²) in [6.45, 7) is 4.78. The van der Waals surface area contributed by atoms with Crippen LogP contribution in [0.2, 0.25) is 0 Å². The number of nitrogens with zero attached hydrogens (tertiary/aromatic N) is 1. The van der Waals surface area contributed by atoms with Crippen LogP contribution < -0.4 is 4.72 Å². The van der Waals surface area contributed by atoms with Crippen molar-refractivity contribution in [2.45, 2.75) is 56.4 Å². The molecule has 5 heteroatoms. The van der Waals surface area contributed by atoms with Gasteiger partial charge in [0.25, 0.3) is 0 Å². The van der Waals surface area contributed by atoms with Crippen LogP contribution in [-0.2, 0) is 10.0 Å². The predicted molar refractivity (Wildman–Crippen MR) is 92.9 cm³/mol. The first-order chi connectivity index (χ1) is 11.0. The first kappa shape index (κ1) is 16.9. The summed E-state index contributed by atoms with van der Waals surface area (Å²) in [5.74, 6) is 0.466. The van der Waals surface area contributed by atoms with E-state index in [1.807, 2.05) is 19.1 Å². The first-order valence-corrected chi connectivity index (χ1v) is 10.3. The van der Waals surface area contributed by atoms with Crippen molar-refractivity contribution in [2.75, 3.05) is 19.6 Å². The Labute approximate surface area is 140 Å². The Morgan fingerprint density at radius 3 is 2.26 bits per heavy atom. The zero-order valence-corrected chi connectivity index (χ0v) is 14.8. The molecule has 1 aliphatic heterocycles. The van der Waals surface area contributed by atoms with E-state index in [0.717, 1.165) is 37.5 Å². The van der Waals surface area contributed by atoms with Gasteiger partial charge < -0.3 is 4.90 Å². The Hall–Kier alpha value is -0.910. The molecule has 4 nitrogen and oxygen atoms in total. The number of aryl methyl sites for hydroxylation is 1. The minimum absolute atomic E-state index is 0.367. The highest BCUT2D eigenvalue weighted by Crippen LogP contribution is 2.27. The summed E-state index contributed by atoms with van der Waals surface area (Å²) < 4.78 is 27.5. The van der Waals surface area contributed by atoms with E-state index in [-0.39, 0.29) is 0 Å². The molecule has 2 aliphatic rings. The third-order valence-corrected chi connectivity index (χ3v) is 6.82. The highest BCUT2D eigenvalue weighted by atomic mass is 32.2. The summed E-state index contributed by atoms with van der Waals surface area (Å²) in [7, 11) is -3.37. The summed E-state index contributed by atoms with van der Waals surface area (Å²) in [4.78, 5) is 2.99. The largest absolute Gasteiger partial charge is 0.300 e. The maximum absolute atomic E-state index is 12.3. The average molecular weight is 337 g/mol. The van der Waals surface area contributed by atoms with Crippen LogP contribution in [0.15, 0.2) is 29.2 Å². The van der Waals surface area contributed by atoms with Crippen molar-refractivity contribution in [3.63, 3.8) is 0 Å². The molecular weight excluding hydrogens is 308 g/mol. The van der Waals surface area contributed by atoms with Crippen LogP contribution in [0.1, 0.15) is 44.1 Å². The SMILES string of the molecule is Cc1ccc(S(=O)(=O)NCC2CCN(C3CCCC3)CC2)cc1. The fraction of sp³-hybridized carbons (Fsp3) is 0.667. The van der Waals surface area contributed by atoms with E-state index in [2.05, 4.69) is 9.62 Å². The number of rotatable bonds is 5. The van der Waals surface area contributed by atoms with Crippen molar-refractivity contribution in [3.05, 3.63) is 29.8 Å². The zero-order chi connectivity index (χ0) is 16.3. The first-order valence-electron chi connectivity index (χ1n) is 8.85. The van der Waals surface area contributed by atoms with Crippen LogP contribution in [-0.4, -0.2) is 39.0 Å². The summed E-state index contributed by atoms with van der Waals surface area (Å²) in [5.41, 5.74) is 1.07. The van der Waals surface area contributed by atoms with Gasteiger partial charge in [-0.25, -0.2) is 13.1 Å². The van der Waals surface area contributed by atoms with E-state index in [1.165, 1.54) is 25.7 Å². The molecule has 0 radical (unpaired) electrons. The second kappa shape index (κ2) is 7.32. The van der Waals surface area contributed by atoms with E-state index in [9.17, 15) is 8.42 Å². The number of hydrogen-bond donors (Lipinski definition) is 1. The van der Waals surface area contributed by atoms with E-state index in [4.69, 9.17) is 0 Å². The van der Waals surface area contributed by atoms with Gasteiger partial charge in [-0.3, -0.25) is 0 Å². The average Bonchev–Trinajstić information content (AvgIpc) is 3.08. The molecule has 0 spiro atoms. The third kappa shape index (κ3) is 4.34. The van der Waals surface area contributed by atoms with Crippen molar-refractivity contribution in [3.8, 4) is 0 Å². The Balaban J connectivity index is 1.48. The van der Waals surface area contributed by atoms with Gasteiger partial charge >= 0.3 is 0 Å². The molecule has 2 fully saturated rings. The molecular formula is C18H28N2O2S. The quantitative estimate of drug-likeness (QED) is 0.899. The summed E-state index contributed by atoms with van der Waals surface area (Å²) in [5, 5.41) is 0. The van der Waals surface area contributed by atoms with Crippen LogP contribution in [0.3, 0.4) is 0 Å². The Kier molecular flexibility index (Phi) is 5.39. The van der Waals surface area contributed by atoms with Gasteiger partial charge in [-0.1, -0.05) is 30.5 Å². The molecule has 1 aromatic carbocycles. The van der Waals surface area contributed by atoms with Crippen LogP contribution in [0, 0.1) is 12.8 Å². The van der Waals surface area contributed by atoms with Crippen LogP contribution in [0.5, 0.6) is 0 Å². The lowest BCUT2D eigenvalue weighted by Crippen LogP contribution is -2.42. The fourth-order valence-electron chi connectivity index (χ4n) is 3.82. The Bertz CT molecular complexity index is 598. The molecule has 0 atom stereocenters. The molecule has 1 saturated heterocycles. The maximum Gasteiger partial charge on any atom is 0.240 e. The topological polar surface area (TPSA) is 49.4 Å². The number of sulfonamides is 1.